The SMILES string of the molecule is C[C@@H](OCC1CCC(F)(F)CC1)[C@H](NC(=O)[C@@H]1CN(C(=O)c2cncs2)CC12CN(C(=O)[C@H]1CC1(C)C)C2)C(=O)N1CCC(O)CC1. The molecule has 260 valence electrons. The number of ether oxygens (including phenoxy) is 1. The summed E-state index contributed by atoms with van der Waals surface area (Å²) in [5, 5.41) is 13.0. The van der Waals surface area contributed by atoms with Gasteiger partial charge >= 0.3 is 0 Å². The van der Waals surface area contributed by atoms with E-state index in [1.54, 1.807) is 27.1 Å². The first-order valence-electron chi connectivity index (χ1n) is 16.9. The molecule has 0 aromatic carbocycles. The summed E-state index contributed by atoms with van der Waals surface area (Å²) >= 11 is 1.23. The maximum absolute atomic E-state index is 14.3. The number of halogens is 2. The minimum atomic E-state index is -2.66. The number of likely N-dealkylation sites (tertiary alicyclic amines) is 3. The number of aliphatic hydroxyl groups is 1. The van der Waals surface area contributed by atoms with E-state index in [1.165, 1.54) is 17.5 Å². The van der Waals surface area contributed by atoms with Gasteiger partial charge in [0.25, 0.3) is 5.91 Å². The molecule has 14 heteroatoms. The summed E-state index contributed by atoms with van der Waals surface area (Å²) in [5.41, 5.74) is 0.896. The van der Waals surface area contributed by atoms with Gasteiger partial charge in [-0.25, -0.2) is 8.78 Å². The molecule has 0 radical (unpaired) electrons. The minimum absolute atomic E-state index is 0.0345. The normalized spacial score (nSPS) is 28.1. The summed E-state index contributed by atoms with van der Waals surface area (Å²) in [6.07, 6.45) is 2.24. The molecule has 1 aromatic rings. The number of carbonyl (C=O) groups excluding carboxylic acids is 4. The Morgan fingerprint density at radius 3 is 2.28 bits per heavy atom. The van der Waals surface area contributed by atoms with Crippen molar-refractivity contribution in [3.63, 3.8) is 0 Å². The fraction of sp³-hybridized carbons (Fsp3) is 0.788. The molecule has 3 aliphatic heterocycles. The molecule has 0 unspecified atom stereocenters. The summed E-state index contributed by atoms with van der Waals surface area (Å²) in [6, 6.07) is -1.05. The van der Waals surface area contributed by atoms with E-state index in [9.17, 15) is 33.1 Å². The van der Waals surface area contributed by atoms with Crippen LogP contribution in [-0.4, -0.2) is 118 Å². The van der Waals surface area contributed by atoms with Gasteiger partial charge in [-0.1, -0.05) is 13.8 Å². The van der Waals surface area contributed by atoms with Crippen molar-refractivity contribution in [3.8, 4) is 0 Å². The van der Waals surface area contributed by atoms with E-state index in [-0.39, 0.29) is 66.9 Å². The first kappa shape index (κ1) is 34.2. The molecule has 47 heavy (non-hydrogen) atoms. The topological polar surface area (TPSA) is 132 Å². The van der Waals surface area contributed by atoms with Gasteiger partial charge in [-0.3, -0.25) is 24.2 Å². The van der Waals surface area contributed by atoms with Crippen LogP contribution in [-0.2, 0) is 19.1 Å². The highest BCUT2D eigenvalue weighted by Crippen LogP contribution is 2.54. The first-order valence-corrected chi connectivity index (χ1v) is 17.8. The average molecular weight is 680 g/mol. The number of carbonyl (C=O) groups is 4. The van der Waals surface area contributed by atoms with E-state index in [4.69, 9.17) is 4.74 Å². The quantitative estimate of drug-likeness (QED) is 0.411. The van der Waals surface area contributed by atoms with E-state index >= 15 is 0 Å². The number of piperidine rings is 1. The standard InChI is InChI=1S/C33H47F2N5O6S/c1-20(46-15-21-4-8-33(34,35)9-5-21)26(30(45)38-10-6-22(41)7-11-38)37-27(42)24-14-39(29(44)25-13-36-19-47-25)16-32(24)17-40(18-32)28(43)23-12-31(23,2)3/h13,19-24,26,41H,4-12,14-18H2,1-3H3,(H,37,42)/t20-,23-,24+,26+/m1/s1. The van der Waals surface area contributed by atoms with Crippen LogP contribution in [0.15, 0.2) is 11.7 Å². The molecule has 2 N–H and O–H groups in total. The van der Waals surface area contributed by atoms with Gasteiger partial charge in [0.15, 0.2) is 0 Å². The fourth-order valence-electron chi connectivity index (χ4n) is 7.83. The fourth-order valence-corrected chi connectivity index (χ4v) is 8.42. The Bertz CT molecular complexity index is 1340. The molecule has 4 atom stereocenters. The number of aromatic nitrogens is 1. The first-order chi connectivity index (χ1) is 22.2. The van der Waals surface area contributed by atoms with Crippen molar-refractivity contribution < 1.29 is 37.8 Å². The predicted octanol–water partition coefficient (Wildman–Crippen LogP) is 2.79. The lowest BCUT2D eigenvalue weighted by atomic mass is 9.70. The zero-order valence-electron chi connectivity index (χ0n) is 27.5. The zero-order valence-corrected chi connectivity index (χ0v) is 28.3. The Kier molecular flexibility index (Phi) is 9.42. The van der Waals surface area contributed by atoms with Crippen LogP contribution in [0.5, 0.6) is 0 Å². The number of alkyl halides is 2. The number of nitrogens with one attached hydrogen (secondary N) is 1. The molecule has 4 amide bonds. The van der Waals surface area contributed by atoms with E-state index < -0.39 is 35.5 Å². The Balaban J connectivity index is 1.18. The summed E-state index contributed by atoms with van der Waals surface area (Å²) in [5.74, 6) is -4.27. The van der Waals surface area contributed by atoms with Crippen LogP contribution in [0.2, 0.25) is 0 Å². The van der Waals surface area contributed by atoms with Gasteiger partial charge < -0.3 is 29.9 Å². The molecular formula is C33H47F2N5O6S. The molecule has 5 aliphatic rings. The van der Waals surface area contributed by atoms with Crippen molar-refractivity contribution in [1.29, 1.82) is 0 Å². The molecule has 2 aliphatic carbocycles. The summed E-state index contributed by atoms with van der Waals surface area (Å²) < 4.78 is 33.6. The zero-order chi connectivity index (χ0) is 33.7. The van der Waals surface area contributed by atoms with Crippen molar-refractivity contribution in [3.05, 3.63) is 16.6 Å². The molecule has 0 bridgehead atoms. The molecule has 3 saturated heterocycles. The highest BCUT2D eigenvalue weighted by atomic mass is 32.1. The highest BCUT2D eigenvalue weighted by Gasteiger charge is 2.62. The lowest BCUT2D eigenvalue weighted by Gasteiger charge is -2.50. The van der Waals surface area contributed by atoms with Crippen LogP contribution in [0.4, 0.5) is 8.78 Å². The lowest BCUT2D eigenvalue weighted by Crippen LogP contribution is -2.65. The average Bonchev–Trinajstić information content (AvgIpc) is 3.38. The molecule has 1 spiro atoms. The van der Waals surface area contributed by atoms with Crippen molar-refractivity contribution in [2.24, 2.45) is 28.6 Å². The van der Waals surface area contributed by atoms with Crippen LogP contribution in [0.1, 0.15) is 75.4 Å². The number of thiazole rings is 1. The Morgan fingerprint density at radius 1 is 1.04 bits per heavy atom. The highest BCUT2D eigenvalue weighted by molar-refractivity contribution is 7.11. The predicted molar refractivity (Wildman–Crippen MR) is 168 cm³/mol. The molecule has 5 fully saturated rings. The van der Waals surface area contributed by atoms with E-state index in [1.807, 2.05) is 0 Å². The number of hydrogen-bond acceptors (Lipinski definition) is 8. The third-order valence-corrected chi connectivity index (χ3v) is 12.0. The van der Waals surface area contributed by atoms with Gasteiger partial charge in [0, 0.05) is 70.0 Å². The molecule has 6 rings (SSSR count). The maximum atomic E-state index is 14.3. The maximum Gasteiger partial charge on any atom is 0.265 e. The minimum Gasteiger partial charge on any atom is -0.393 e. The second-order valence-corrected chi connectivity index (χ2v) is 16.2. The van der Waals surface area contributed by atoms with Crippen LogP contribution in [0.3, 0.4) is 0 Å². The van der Waals surface area contributed by atoms with E-state index in [0.717, 1.165) is 6.42 Å². The van der Waals surface area contributed by atoms with Gasteiger partial charge in [-0.15, -0.1) is 11.3 Å². The van der Waals surface area contributed by atoms with Crippen molar-refractivity contribution in [2.45, 2.75) is 89.9 Å². The van der Waals surface area contributed by atoms with E-state index in [0.29, 0.717) is 63.3 Å². The number of nitrogens with zero attached hydrogens (tertiary/aromatic N) is 4. The Morgan fingerprint density at radius 2 is 1.68 bits per heavy atom. The largest absolute Gasteiger partial charge is 0.393 e. The summed E-state index contributed by atoms with van der Waals surface area (Å²) in [6.45, 7) is 7.89. The second-order valence-electron chi connectivity index (χ2n) is 15.3. The van der Waals surface area contributed by atoms with Crippen LogP contribution in [0.25, 0.3) is 0 Å². The van der Waals surface area contributed by atoms with Crippen molar-refractivity contribution in [1.82, 2.24) is 25.0 Å². The van der Waals surface area contributed by atoms with Gasteiger partial charge in [0.1, 0.15) is 10.9 Å². The molecule has 4 heterocycles. The smallest absolute Gasteiger partial charge is 0.265 e. The second kappa shape index (κ2) is 13.0. The molecule has 11 nitrogen and oxygen atoms in total. The van der Waals surface area contributed by atoms with Crippen LogP contribution < -0.4 is 5.32 Å². The van der Waals surface area contributed by atoms with Crippen molar-refractivity contribution in [2.75, 3.05) is 45.9 Å². The molecule has 1 aromatic heterocycles. The van der Waals surface area contributed by atoms with Crippen LogP contribution >= 0.6 is 11.3 Å². The monoisotopic (exact) mass is 679 g/mol. The van der Waals surface area contributed by atoms with Gasteiger partial charge in [0.2, 0.25) is 23.6 Å². The van der Waals surface area contributed by atoms with Gasteiger partial charge in [-0.05, 0) is 50.4 Å². The number of amides is 4. The molecule has 2 saturated carbocycles. The number of aliphatic hydroxyl groups excluding tert-OH is 1. The Labute approximate surface area is 278 Å². The van der Waals surface area contributed by atoms with Gasteiger partial charge in [-0.2, -0.15) is 0 Å². The van der Waals surface area contributed by atoms with Crippen molar-refractivity contribution >= 4 is 35.0 Å². The third-order valence-electron chi connectivity index (χ3n) is 11.3. The summed E-state index contributed by atoms with van der Waals surface area (Å²) in [4.78, 5) is 64.4. The number of rotatable bonds is 9. The Hall–Kier alpha value is -2.71. The van der Waals surface area contributed by atoms with E-state index in [2.05, 4.69) is 24.1 Å². The number of hydrogen-bond donors (Lipinski definition) is 2. The third kappa shape index (κ3) is 7.19. The van der Waals surface area contributed by atoms with Crippen LogP contribution in [0, 0.1) is 28.6 Å². The van der Waals surface area contributed by atoms with Gasteiger partial charge in [0.05, 0.1) is 29.8 Å². The molecular weight excluding hydrogens is 632 g/mol. The lowest BCUT2D eigenvalue weighted by molar-refractivity contribution is -0.153. The summed E-state index contributed by atoms with van der Waals surface area (Å²) in [7, 11) is 0.